The Bertz CT molecular complexity index is 1290. The van der Waals surface area contributed by atoms with Gasteiger partial charge in [-0.1, -0.05) is 13.3 Å². The van der Waals surface area contributed by atoms with Gasteiger partial charge in [-0.2, -0.15) is 0 Å². The van der Waals surface area contributed by atoms with Crippen molar-refractivity contribution < 1.29 is 14.0 Å². The van der Waals surface area contributed by atoms with Gasteiger partial charge in [-0.3, -0.25) is 14.0 Å². The summed E-state index contributed by atoms with van der Waals surface area (Å²) in [6, 6.07) is 5.44. The highest BCUT2D eigenvalue weighted by atomic mass is 16.3. The van der Waals surface area contributed by atoms with Crippen molar-refractivity contribution in [3.05, 3.63) is 47.9 Å². The smallest absolute Gasteiger partial charge is 0.220 e. The minimum absolute atomic E-state index is 0.0503. The fourth-order valence-electron chi connectivity index (χ4n) is 4.88. The fourth-order valence-corrected chi connectivity index (χ4v) is 4.88. The van der Waals surface area contributed by atoms with E-state index in [0.717, 1.165) is 41.9 Å². The number of nitrogens with zero attached hydrogens (tertiary/aromatic N) is 4. The molecule has 5 rings (SSSR count). The van der Waals surface area contributed by atoms with Crippen molar-refractivity contribution in [2.75, 3.05) is 0 Å². The molecule has 166 valence electrons. The van der Waals surface area contributed by atoms with Crippen LogP contribution in [0.3, 0.4) is 0 Å². The van der Waals surface area contributed by atoms with Crippen LogP contribution in [0.2, 0.25) is 0 Å². The molecule has 4 heterocycles. The number of carbonyl (C=O) groups excluding carboxylic acids is 2. The Kier molecular flexibility index (Phi) is 5.24. The number of carbonyl (C=O) groups is 2. The second-order valence-corrected chi connectivity index (χ2v) is 8.57. The average molecular weight is 435 g/mol. The average Bonchev–Trinajstić information content (AvgIpc) is 3.56. The van der Waals surface area contributed by atoms with Crippen molar-refractivity contribution in [3.8, 4) is 0 Å². The maximum Gasteiger partial charge on any atom is 0.220 e. The van der Waals surface area contributed by atoms with Crippen LogP contribution in [-0.4, -0.2) is 42.3 Å². The van der Waals surface area contributed by atoms with Gasteiger partial charge in [0, 0.05) is 31.0 Å². The highest BCUT2D eigenvalue weighted by Crippen LogP contribution is 2.41. The maximum absolute atomic E-state index is 12.5. The number of rotatable bonds is 7. The first-order valence-corrected chi connectivity index (χ1v) is 11.1. The lowest BCUT2D eigenvalue weighted by Gasteiger charge is -2.15. The number of ketones is 1. The van der Waals surface area contributed by atoms with Crippen molar-refractivity contribution in [2.24, 2.45) is 5.92 Å². The lowest BCUT2D eigenvalue weighted by molar-refractivity contribution is -0.121. The largest absolute Gasteiger partial charge is 0.458 e. The van der Waals surface area contributed by atoms with Gasteiger partial charge in [0.2, 0.25) is 5.91 Å². The van der Waals surface area contributed by atoms with Gasteiger partial charge in [0.1, 0.15) is 11.6 Å². The molecule has 0 aliphatic heterocycles. The van der Waals surface area contributed by atoms with Crippen LogP contribution in [0.15, 0.2) is 35.0 Å². The molecule has 2 N–H and O–H groups in total. The third-order valence-electron chi connectivity index (χ3n) is 6.48. The molecule has 1 fully saturated rings. The highest BCUT2D eigenvalue weighted by molar-refractivity contribution is 5.95. The molecule has 9 nitrogen and oxygen atoms in total. The Balaban J connectivity index is 1.27. The molecule has 0 unspecified atom stereocenters. The third kappa shape index (κ3) is 3.68. The summed E-state index contributed by atoms with van der Waals surface area (Å²) in [4.78, 5) is 32.3. The first-order valence-electron chi connectivity index (χ1n) is 11.1. The molecule has 0 aromatic carbocycles. The van der Waals surface area contributed by atoms with Crippen LogP contribution in [0.4, 0.5) is 0 Å². The Morgan fingerprint density at radius 3 is 2.88 bits per heavy atom. The number of furan rings is 1. The number of hydrogen-bond donors (Lipinski definition) is 2. The van der Waals surface area contributed by atoms with Gasteiger partial charge in [0.05, 0.1) is 11.7 Å². The van der Waals surface area contributed by atoms with Crippen LogP contribution in [0.1, 0.15) is 67.1 Å². The van der Waals surface area contributed by atoms with E-state index in [1.807, 2.05) is 12.3 Å². The summed E-state index contributed by atoms with van der Waals surface area (Å²) in [5.74, 6) is 2.24. The summed E-state index contributed by atoms with van der Waals surface area (Å²) in [6.07, 6.45) is 6.55. The standard InChI is InChI=1S/C23H26N6O3/c1-3-14-10-15(26-21(31)7-5-18(30)19-6-4-13(2)32-19)11-16(14)23-28-27-20-12-25-22-17(29(20)23)8-9-24-22/h4,6,8-9,12,14-16,24H,3,5,7,10-11H2,1-2H3,(H,26,31)/t14-,15+,16+/m1/s1. The van der Waals surface area contributed by atoms with E-state index in [2.05, 4.69) is 36.8 Å². The zero-order valence-electron chi connectivity index (χ0n) is 18.2. The Morgan fingerprint density at radius 1 is 1.22 bits per heavy atom. The second-order valence-electron chi connectivity index (χ2n) is 8.57. The minimum Gasteiger partial charge on any atom is -0.458 e. The number of amides is 1. The van der Waals surface area contributed by atoms with Crippen molar-refractivity contribution in [1.29, 1.82) is 0 Å². The number of aryl methyl sites for hydroxylation is 1. The molecule has 1 amide bonds. The number of fused-ring (bicyclic) bond motifs is 3. The molecule has 0 bridgehead atoms. The SMILES string of the molecule is CC[C@@H]1C[C@H](NC(=O)CCC(=O)c2ccc(C)o2)C[C@@H]1c1nnc2cnc3[nH]ccc3n12. The molecule has 9 heteroatoms. The molecular weight excluding hydrogens is 408 g/mol. The van der Waals surface area contributed by atoms with E-state index < -0.39 is 0 Å². The monoisotopic (exact) mass is 434 g/mol. The number of aromatic amines is 1. The first kappa shape index (κ1) is 20.4. The number of H-pyrrole nitrogens is 1. The van der Waals surface area contributed by atoms with Gasteiger partial charge in [-0.25, -0.2) is 4.98 Å². The second kappa shape index (κ2) is 8.22. The van der Waals surface area contributed by atoms with E-state index >= 15 is 0 Å². The summed E-state index contributed by atoms with van der Waals surface area (Å²) in [7, 11) is 0. The molecule has 1 aliphatic carbocycles. The first-order chi connectivity index (χ1) is 15.5. The summed E-state index contributed by atoms with van der Waals surface area (Å²) in [5.41, 5.74) is 2.48. The fraction of sp³-hybridized carbons (Fsp3) is 0.435. The van der Waals surface area contributed by atoms with E-state index in [-0.39, 0.29) is 36.5 Å². The zero-order valence-corrected chi connectivity index (χ0v) is 18.2. The molecule has 0 saturated heterocycles. The van der Waals surface area contributed by atoms with Gasteiger partial charge < -0.3 is 14.7 Å². The Morgan fingerprint density at radius 2 is 2.09 bits per heavy atom. The number of aromatic nitrogens is 5. The molecule has 4 aromatic rings. The van der Waals surface area contributed by atoms with Gasteiger partial charge in [0.15, 0.2) is 22.8 Å². The van der Waals surface area contributed by atoms with Crippen molar-refractivity contribution in [3.63, 3.8) is 0 Å². The highest BCUT2D eigenvalue weighted by Gasteiger charge is 2.37. The Hall–Kier alpha value is -3.49. The zero-order chi connectivity index (χ0) is 22.2. The number of hydrogen-bond acceptors (Lipinski definition) is 6. The number of Topliss-reactive ketones (excluding diaryl/α,β-unsaturated/α-hetero) is 1. The van der Waals surface area contributed by atoms with Crippen LogP contribution in [0.25, 0.3) is 16.8 Å². The van der Waals surface area contributed by atoms with Crippen LogP contribution >= 0.6 is 0 Å². The third-order valence-corrected chi connectivity index (χ3v) is 6.48. The Labute approximate surface area is 184 Å². The van der Waals surface area contributed by atoms with E-state index in [1.54, 1.807) is 25.3 Å². The van der Waals surface area contributed by atoms with E-state index in [1.165, 1.54) is 0 Å². The predicted octanol–water partition coefficient (Wildman–Crippen LogP) is 3.56. The van der Waals surface area contributed by atoms with Crippen LogP contribution in [0.5, 0.6) is 0 Å². The molecule has 4 aromatic heterocycles. The molecule has 1 aliphatic rings. The summed E-state index contributed by atoms with van der Waals surface area (Å²) in [6.45, 7) is 3.96. The lowest BCUT2D eigenvalue weighted by Crippen LogP contribution is -2.33. The van der Waals surface area contributed by atoms with Crippen molar-refractivity contribution >= 4 is 28.5 Å². The molecular formula is C23H26N6O3. The molecule has 0 radical (unpaired) electrons. The van der Waals surface area contributed by atoms with E-state index in [4.69, 9.17) is 4.42 Å². The van der Waals surface area contributed by atoms with Gasteiger partial charge in [0.25, 0.3) is 0 Å². The summed E-state index contributed by atoms with van der Waals surface area (Å²) < 4.78 is 7.42. The predicted molar refractivity (Wildman–Crippen MR) is 117 cm³/mol. The van der Waals surface area contributed by atoms with Crippen molar-refractivity contribution in [1.82, 2.24) is 29.9 Å². The van der Waals surface area contributed by atoms with Gasteiger partial charge in [-0.15, -0.1) is 10.2 Å². The molecule has 0 spiro atoms. The molecule has 1 saturated carbocycles. The maximum atomic E-state index is 12.5. The van der Waals surface area contributed by atoms with E-state index in [0.29, 0.717) is 17.4 Å². The minimum atomic E-state index is -0.150. The molecule has 32 heavy (non-hydrogen) atoms. The molecule has 3 atom stereocenters. The summed E-state index contributed by atoms with van der Waals surface area (Å²) >= 11 is 0. The number of nitrogens with one attached hydrogen (secondary N) is 2. The normalized spacial score (nSPS) is 20.9. The van der Waals surface area contributed by atoms with Gasteiger partial charge in [-0.05, 0) is 43.9 Å². The summed E-state index contributed by atoms with van der Waals surface area (Å²) in [5, 5.41) is 12.0. The lowest BCUT2D eigenvalue weighted by atomic mass is 9.93. The quantitative estimate of drug-likeness (QED) is 0.429. The van der Waals surface area contributed by atoms with Crippen LogP contribution < -0.4 is 5.32 Å². The topological polar surface area (TPSA) is 118 Å². The van der Waals surface area contributed by atoms with Crippen LogP contribution in [-0.2, 0) is 4.79 Å². The van der Waals surface area contributed by atoms with Crippen molar-refractivity contribution in [2.45, 2.75) is 57.9 Å². The van der Waals surface area contributed by atoms with E-state index in [9.17, 15) is 9.59 Å². The van der Waals surface area contributed by atoms with Crippen LogP contribution in [0, 0.1) is 12.8 Å². The van der Waals surface area contributed by atoms with Gasteiger partial charge >= 0.3 is 0 Å².